The van der Waals surface area contributed by atoms with Crippen molar-refractivity contribution in [1.29, 1.82) is 0 Å². The second kappa shape index (κ2) is 10.1. The number of nitrogens with zero attached hydrogens (tertiary/aromatic N) is 1. The lowest BCUT2D eigenvalue weighted by atomic mass is 9.83. The van der Waals surface area contributed by atoms with Gasteiger partial charge in [0.2, 0.25) is 11.8 Å². The van der Waals surface area contributed by atoms with Gasteiger partial charge in [0.1, 0.15) is 6.04 Å². The van der Waals surface area contributed by atoms with Gasteiger partial charge in [-0.25, -0.2) is 4.79 Å². The van der Waals surface area contributed by atoms with E-state index in [0.717, 1.165) is 25.7 Å². The SMILES string of the molecule is CC(=C[C@H](C(C)C)N(C)C(=O)[C@@H](NC(=O)C1CCCCC1)C(C)(C)C)C(=O)O. The monoisotopic (exact) mass is 394 g/mol. The number of hydrogen-bond acceptors (Lipinski definition) is 3. The van der Waals surface area contributed by atoms with E-state index in [0.29, 0.717) is 0 Å². The second-order valence-corrected chi connectivity index (χ2v) is 9.48. The minimum Gasteiger partial charge on any atom is -0.478 e. The van der Waals surface area contributed by atoms with Crippen LogP contribution in [0, 0.1) is 17.3 Å². The third-order valence-electron chi connectivity index (χ3n) is 5.61. The molecular weight excluding hydrogens is 356 g/mol. The summed E-state index contributed by atoms with van der Waals surface area (Å²) in [5, 5.41) is 12.2. The maximum atomic E-state index is 13.3. The van der Waals surface area contributed by atoms with E-state index in [1.807, 2.05) is 34.6 Å². The van der Waals surface area contributed by atoms with Gasteiger partial charge in [0, 0.05) is 18.5 Å². The highest BCUT2D eigenvalue weighted by Gasteiger charge is 2.38. The Morgan fingerprint density at radius 2 is 1.64 bits per heavy atom. The van der Waals surface area contributed by atoms with Gasteiger partial charge in [-0.05, 0) is 31.1 Å². The van der Waals surface area contributed by atoms with Gasteiger partial charge in [-0.3, -0.25) is 9.59 Å². The molecule has 1 aliphatic carbocycles. The number of hydrogen-bond donors (Lipinski definition) is 2. The van der Waals surface area contributed by atoms with Crippen LogP contribution in [-0.2, 0) is 14.4 Å². The van der Waals surface area contributed by atoms with Gasteiger partial charge >= 0.3 is 5.97 Å². The first-order valence-corrected chi connectivity index (χ1v) is 10.3. The summed E-state index contributed by atoms with van der Waals surface area (Å²) in [7, 11) is 1.68. The summed E-state index contributed by atoms with van der Waals surface area (Å²) < 4.78 is 0. The van der Waals surface area contributed by atoms with Crippen LogP contribution < -0.4 is 5.32 Å². The fraction of sp³-hybridized carbons (Fsp3) is 0.773. The summed E-state index contributed by atoms with van der Waals surface area (Å²) in [6.45, 7) is 11.2. The molecule has 2 atom stereocenters. The summed E-state index contributed by atoms with van der Waals surface area (Å²) in [6.07, 6.45) is 6.65. The van der Waals surface area contributed by atoms with Crippen molar-refractivity contribution in [3.05, 3.63) is 11.6 Å². The minimum atomic E-state index is -0.996. The Balaban J connectivity index is 3.05. The standard InChI is InChI=1S/C22H38N2O4/c1-14(2)17(13-15(3)21(27)28)24(7)20(26)18(22(4,5)6)23-19(25)16-11-9-8-10-12-16/h13-14,16-18H,8-12H2,1-7H3,(H,23,25)(H,27,28)/t17-,18-/m1/s1. The highest BCUT2D eigenvalue weighted by Crippen LogP contribution is 2.27. The lowest BCUT2D eigenvalue weighted by Crippen LogP contribution is -2.57. The molecule has 0 aromatic carbocycles. The molecule has 2 amide bonds. The Labute approximate surface area is 169 Å². The summed E-state index contributed by atoms with van der Waals surface area (Å²) in [6, 6.07) is -1.02. The van der Waals surface area contributed by atoms with Gasteiger partial charge in [-0.2, -0.15) is 0 Å². The number of rotatable bonds is 7. The molecule has 6 heteroatoms. The van der Waals surface area contributed by atoms with E-state index < -0.39 is 17.4 Å². The Bertz CT molecular complexity index is 598. The summed E-state index contributed by atoms with van der Waals surface area (Å²) in [5.74, 6) is -1.21. The van der Waals surface area contributed by atoms with Crippen molar-refractivity contribution in [2.45, 2.75) is 85.7 Å². The number of carboxylic acids is 1. The molecule has 0 aromatic rings. The molecule has 28 heavy (non-hydrogen) atoms. The average Bonchev–Trinajstić information content (AvgIpc) is 2.61. The van der Waals surface area contributed by atoms with Crippen LogP contribution >= 0.6 is 0 Å². The number of nitrogens with one attached hydrogen (secondary N) is 1. The van der Waals surface area contributed by atoms with Crippen LogP contribution in [0.1, 0.15) is 73.6 Å². The van der Waals surface area contributed by atoms with E-state index >= 15 is 0 Å². The molecule has 0 aliphatic heterocycles. The fourth-order valence-electron chi connectivity index (χ4n) is 3.70. The van der Waals surface area contributed by atoms with Gasteiger partial charge in [0.25, 0.3) is 0 Å². The van der Waals surface area contributed by atoms with Crippen LogP contribution in [-0.4, -0.2) is 46.9 Å². The Kier molecular flexibility index (Phi) is 8.71. The molecule has 0 aromatic heterocycles. The molecule has 2 N–H and O–H groups in total. The van der Waals surface area contributed by atoms with Crippen LogP contribution in [0.2, 0.25) is 0 Å². The Morgan fingerprint density at radius 3 is 2.07 bits per heavy atom. The molecule has 0 heterocycles. The predicted octanol–water partition coefficient (Wildman–Crippen LogP) is 3.61. The van der Waals surface area contributed by atoms with Crippen molar-refractivity contribution in [2.75, 3.05) is 7.05 Å². The van der Waals surface area contributed by atoms with Gasteiger partial charge in [-0.1, -0.05) is 60.0 Å². The van der Waals surface area contributed by atoms with Gasteiger partial charge in [-0.15, -0.1) is 0 Å². The highest BCUT2D eigenvalue weighted by molar-refractivity contribution is 5.90. The molecule has 1 saturated carbocycles. The van der Waals surface area contributed by atoms with Crippen LogP contribution in [0.25, 0.3) is 0 Å². The number of aliphatic carboxylic acids is 1. The summed E-state index contributed by atoms with van der Waals surface area (Å²) in [5.41, 5.74) is -0.250. The largest absolute Gasteiger partial charge is 0.478 e. The van der Waals surface area contributed by atoms with Crippen molar-refractivity contribution >= 4 is 17.8 Å². The normalized spacial score (nSPS) is 18.5. The smallest absolute Gasteiger partial charge is 0.331 e. The highest BCUT2D eigenvalue weighted by atomic mass is 16.4. The molecular formula is C22H38N2O4. The van der Waals surface area contributed by atoms with E-state index in [1.54, 1.807) is 18.0 Å². The lowest BCUT2D eigenvalue weighted by Gasteiger charge is -2.38. The van der Waals surface area contributed by atoms with Crippen LogP contribution in [0.3, 0.4) is 0 Å². The Morgan fingerprint density at radius 1 is 1.11 bits per heavy atom. The van der Waals surface area contributed by atoms with Crippen LogP contribution in [0.4, 0.5) is 0 Å². The lowest BCUT2D eigenvalue weighted by molar-refractivity contribution is -0.141. The number of likely N-dealkylation sites (N-methyl/N-ethyl adjacent to an activating group) is 1. The number of carbonyl (C=O) groups is 3. The molecule has 1 fully saturated rings. The van der Waals surface area contributed by atoms with E-state index in [-0.39, 0.29) is 35.3 Å². The molecule has 0 unspecified atom stereocenters. The number of carbonyl (C=O) groups excluding carboxylic acids is 2. The topological polar surface area (TPSA) is 86.7 Å². The number of amides is 2. The third kappa shape index (κ3) is 6.64. The molecule has 6 nitrogen and oxygen atoms in total. The van der Waals surface area contributed by atoms with Gasteiger partial charge in [0.05, 0.1) is 6.04 Å². The average molecular weight is 395 g/mol. The van der Waals surface area contributed by atoms with Crippen molar-refractivity contribution < 1.29 is 19.5 Å². The third-order valence-corrected chi connectivity index (χ3v) is 5.61. The van der Waals surface area contributed by atoms with Crippen molar-refractivity contribution in [3.8, 4) is 0 Å². The predicted molar refractivity (Wildman–Crippen MR) is 111 cm³/mol. The van der Waals surface area contributed by atoms with E-state index in [1.165, 1.54) is 13.3 Å². The van der Waals surface area contributed by atoms with Gasteiger partial charge in [0.15, 0.2) is 0 Å². The zero-order valence-corrected chi connectivity index (χ0v) is 18.5. The maximum absolute atomic E-state index is 13.3. The van der Waals surface area contributed by atoms with E-state index in [9.17, 15) is 19.5 Å². The van der Waals surface area contributed by atoms with Crippen LogP contribution in [0.15, 0.2) is 11.6 Å². The number of carboxylic acid groups (broad SMARTS) is 1. The summed E-state index contributed by atoms with van der Waals surface area (Å²) in [4.78, 5) is 38.9. The maximum Gasteiger partial charge on any atom is 0.331 e. The quantitative estimate of drug-likeness (QED) is 0.646. The molecule has 0 saturated heterocycles. The zero-order valence-electron chi connectivity index (χ0n) is 18.5. The fourth-order valence-corrected chi connectivity index (χ4v) is 3.70. The van der Waals surface area contributed by atoms with Crippen molar-refractivity contribution in [2.24, 2.45) is 17.3 Å². The first kappa shape index (κ1) is 24.2. The molecule has 0 radical (unpaired) electrons. The van der Waals surface area contributed by atoms with Crippen molar-refractivity contribution in [3.63, 3.8) is 0 Å². The first-order valence-electron chi connectivity index (χ1n) is 10.3. The molecule has 1 rings (SSSR count). The molecule has 160 valence electrons. The van der Waals surface area contributed by atoms with Gasteiger partial charge < -0.3 is 15.3 Å². The van der Waals surface area contributed by atoms with E-state index in [4.69, 9.17) is 0 Å². The molecule has 0 spiro atoms. The zero-order chi connectivity index (χ0) is 21.6. The minimum absolute atomic E-state index is 0.0215. The van der Waals surface area contributed by atoms with Crippen molar-refractivity contribution in [1.82, 2.24) is 10.2 Å². The second-order valence-electron chi connectivity index (χ2n) is 9.48. The first-order chi connectivity index (χ1) is 12.9. The molecule has 0 bridgehead atoms. The van der Waals surface area contributed by atoms with Crippen LogP contribution in [0.5, 0.6) is 0 Å². The molecule has 1 aliphatic rings. The Hall–Kier alpha value is -1.85. The summed E-state index contributed by atoms with van der Waals surface area (Å²) >= 11 is 0. The van der Waals surface area contributed by atoms with E-state index in [2.05, 4.69) is 5.32 Å².